The van der Waals surface area contributed by atoms with Gasteiger partial charge in [0.2, 0.25) is 5.91 Å². The molecule has 5 amide bonds. The van der Waals surface area contributed by atoms with Crippen LogP contribution in [0.2, 0.25) is 16.6 Å². The molecule has 1 spiro atoms. The first-order chi connectivity index (χ1) is 44.3. The maximum atomic E-state index is 18.2. The van der Waals surface area contributed by atoms with E-state index in [2.05, 4.69) is 79.9 Å². The molecule has 18 nitrogen and oxygen atoms in total. The Morgan fingerprint density at radius 2 is 1.49 bits per heavy atom. The number of piperazine rings is 2. The average Bonchev–Trinajstić information content (AvgIpc) is 1.43. The number of nitrogens with zero attached hydrogens (tertiary/aromatic N) is 9. The number of carbonyl (C=O) groups excluding carboxylic acids is 4. The minimum absolute atomic E-state index is 0.00393. The van der Waals surface area contributed by atoms with Crippen molar-refractivity contribution in [2.75, 3.05) is 102 Å². The monoisotopic (exact) mass is 1290 g/mol. The Kier molecular flexibility index (Phi) is 20.1. The topological polar surface area (TPSA) is 175 Å². The van der Waals surface area contributed by atoms with E-state index in [0.29, 0.717) is 80.2 Å². The van der Waals surface area contributed by atoms with Gasteiger partial charge in [0, 0.05) is 120 Å². The molecule has 6 fully saturated rings. The first-order valence-corrected chi connectivity index (χ1v) is 36.2. The number of fused-ring (bicyclic) bond motifs is 4. The van der Waals surface area contributed by atoms with Gasteiger partial charge in [0.1, 0.15) is 42.3 Å². The lowest BCUT2D eigenvalue weighted by Crippen LogP contribution is -2.57. The van der Waals surface area contributed by atoms with Crippen molar-refractivity contribution >= 4 is 65.2 Å². The number of halogens is 2. The van der Waals surface area contributed by atoms with Gasteiger partial charge in [0.25, 0.3) is 5.91 Å². The number of benzene rings is 3. The van der Waals surface area contributed by atoms with Gasteiger partial charge < -0.3 is 38.5 Å². The maximum Gasteiger partial charge on any atom is 0.410 e. The summed E-state index contributed by atoms with van der Waals surface area (Å²) in [5.41, 5.74) is 6.73. The quantitative estimate of drug-likeness (QED) is 0.0529. The molecule has 7 heterocycles. The molecule has 2 unspecified atom stereocenters. The van der Waals surface area contributed by atoms with Crippen LogP contribution in [0.15, 0.2) is 48.7 Å². The van der Waals surface area contributed by atoms with Gasteiger partial charge in [-0.3, -0.25) is 29.7 Å². The standard InChI is InChI=1S/C72H96F2N10O8Si/c1-45(2)93(46(3)4,47(5)6)34-22-56-59(73)18-15-51-35-55(91-44-89-12)37-57(62(51)56)64-63(74)65-58(38-75-64)66(82-41-53-16-17-54(42-82)84(53)70(88)92-71(9,10)11)78-68(77-65)90-43-48(7)39-79-30-32-80(33-31-79)40-50-19-23-72(24-20-50)25-28-81(29-26-72)67(86)52-14-13-49(8)60(36-52)83-27-21-61(85)76-69(83)87/h13-15,18,35-38,45-48,50,53-54H,16-17,19-21,23-33,39-44H2,1-12H3,(H,76,85,87)/t48-,53?,54?/m1/s1. The maximum absolute atomic E-state index is 18.2. The number of pyridine rings is 1. The number of urea groups is 1. The second-order valence-corrected chi connectivity index (χ2v) is 35.0. The Hall–Kier alpha value is -6.99. The van der Waals surface area contributed by atoms with Gasteiger partial charge >= 0.3 is 18.1 Å². The summed E-state index contributed by atoms with van der Waals surface area (Å²) in [6.07, 6.45) is 9.77. The average molecular weight is 1300 g/mol. The highest BCUT2D eigenvalue weighted by Gasteiger charge is 2.46. The van der Waals surface area contributed by atoms with Gasteiger partial charge in [0.05, 0.1) is 29.6 Å². The molecule has 2 aromatic heterocycles. The number of aryl methyl sites for hydroxylation is 1. The van der Waals surface area contributed by atoms with E-state index < -0.39 is 31.3 Å². The summed E-state index contributed by atoms with van der Waals surface area (Å²) < 4.78 is 58.6. The predicted octanol–water partition coefficient (Wildman–Crippen LogP) is 12.8. The van der Waals surface area contributed by atoms with Gasteiger partial charge in [-0.1, -0.05) is 66.5 Å². The van der Waals surface area contributed by atoms with Crippen LogP contribution in [0.5, 0.6) is 11.8 Å². The fourth-order valence-corrected chi connectivity index (χ4v) is 21.3. The van der Waals surface area contributed by atoms with Crippen LogP contribution in [0.3, 0.4) is 0 Å². The smallest absolute Gasteiger partial charge is 0.410 e. The largest absolute Gasteiger partial charge is 0.468 e. The lowest BCUT2D eigenvalue weighted by atomic mass is 9.65. The van der Waals surface area contributed by atoms with Crippen LogP contribution in [0.1, 0.15) is 149 Å². The number of nitrogens with one attached hydrogen (secondary N) is 1. The number of rotatable bonds is 17. The van der Waals surface area contributed by atoms with Crippen molar-refractivity contribution in [3.63, 3.8) is 0 Å². The molecule has 500 valence electrons. The number of amides is 5. The highest BCUT2D eigenvalue weighted by molar-refractivity contribution is 6.90. The summed E-state index contributed by atoms with van der Waals surface area (Å²) >= 11 is 0. The minimum atomic E-state index is -2.36. The van der Waals surface area contributed by atoms with E-state index in [0.717, 1.165) is 83.6 Å². The Labute approximate surface area is 548 Å². The van der Waals surface area contributed by atoms with Crippen LogP contribution in [0.4, 0.5) is 29.9 Å². The van der Waals surface area contributed by atoms with Crippen LogP contribution in [0, 0.1) is 47.3 Å². The third-order valence-corrected chi connectivity index (χ3v) is 27.4. The summed E-state index contributed by atoms with van der Waals surface area (Å²) in [5, 5.41) is 3.80. The number of likely N-dealkylation sites (tertiary alicyclic amines) is 1. The van der Waals surface area contributed by atoms with Crippen molar-refractivity contribution in [3.8, 4) is 34.5 Å². The van der Waals surface area contributed by atoms with E-state index in [1.807, 2.05) is 49.6 Å². The van der Waals surface area contributed by atoms with Crippen LogP contribution in [-0.4, -0.2) is 177 Å². The van der Waals surface area contributed by atoms with Crippen molar-refractivity contribution < 1.29 is 46.9 Å². The molecule has 93 heavy (non-hydrogen) atoms. The van der Waals surface area contributed by atoms with Crippen molar-refractivity contribution in [2.24, 2.45) is 17.3 Å². The fourth-order valence-electron chi connectivity index (χ4n) is 16.1. The molecular weight excluding hydrogens is 1200 g/mol. The van der Waals surface area contributed by atoms with Crippen molar-refractivity contribution in [3.05, 3.63) is 77.0 Å². The SMILES string of the molecule is COCOc1cc(-c2ncc3c(N4CC5CCC(C4)N5C(=O)OC(C)(C)C)nc(OC[C@H](C)CN4CCN(CC5CCC6(CC5)CCN(C(=O)c5ccc(C)c(N7CCC(=O)NC7=O)c5)CC6)CC4)nc3c2F)c2c(C#C[Si](C(C)C)(C(C)C)C(C)C)c(F)ccc2c1. The molecule has 5 saturated heterocycles. The Balaban J connectivity index is 0.771. The van der Waals surface area contributed by atoms with Gasteiger partial charge in [-0.05, 0) is 148 Å². The van der Waals surface area contributed by atoms with E-state index in [1.54, 1.807) is 35.4 Å². The van der Waals surface area contributed by atoms with E-state index in [-0.39, 0.29) is 90.5 Å². The number of ether oxygens (including phenoxy) is 4. The molecule has 3 aromatic carbocycles. The van der Waals surface area contributed by atoms with Gasteiger partial charge in [-0.15, -0.1) is 5.54 Å². The predicted molar refractivity (Wildman–Crippen MR) is 361 cm³/mol. The number of anilines is 2. The molecule has 11 rings (SSSR count). The fraction of sp³-hybridized carbons (Fsp3) is 0.597. The number of hydrogen-bond donors (Lipinski definition) is 1. The summed E-state index contributed by atoms with van der Waals surface area (Å²) in [4.78, 5) is 79.4. The Morgan fingerprint density at radius 3 is 2.14 bits per heavy atom. The molecule has 5 aromatic rings. The first-order valence-electron chi connectivity index (χ1n) is 34.0. The third-order valence-electron chi connectivity index (χ3n) is 21.1. The van der Waals surface area contributed by atoms with Crippen molar-refractivity contribution in [2.45, 2.75) is 168 Å². The molecular formula is C72H96F2N10O8Si. The molecule has 2 bridgehead atoms. The lowest BCUT2D eigenvalue weighted by molar-refractivity contribution is -0.120. The second kappa shape index (κ2) is 27.8. The molecule has 1 aliphatic carbocycles. The number of methoxy groups -OCH3 is 1. The van der Waals surface area contributed by atoms with Gasteiger partial charge in [-0.2, -0.15) is 9.97 Å². The Bertz CT molecular complexity index is 3640. The zero-order valence-corrected chi connectivity index (χ0v) is 57.8. The molecule has 1 saturated carbocycles. The normalized spacial score (nSPS) is 20.5. The number of aromatic nitrogens is 3. The molecule has 1 N–H and O–H groups in total. The van der Waals surface area contributed by atoms with Crippen LogP contribution >= 0.6 is 0 Å². The Morgan fingerprint density at radius 1 is 0.817 bits per heavy atom. The molecule has 5 aliphatic heterocycles. The lowest BCUT2D eigenvalue weighted by Gasteiger charge is -2.47. The zero-order chi connectivity index (χ0) is 66.3. The third kappa shape index (κ3) is 14.4. The van der Waals surface area contributed by atoms with Gasteiger partial charge in [0.15, 0.2) is 12.6 Å². The van der Waals surface area contributed by atoms with Crippen molar-refractivity contribution in [1.82, 2.24) is 39.9 Å². The number of hydrogen-bond acceptors (Lipinski definition) is 14. The van der Waals surface area contributed by atoms with E-state index in [1.165, 1.54) is 38.9 Å². The van der Waals surface area contributed by atoms with Crippen molar-refractivity contribution in [1.29, 1.82) is 0 Å². The summed E-state index contributed by atoms with van der Waals surface area (Å²) in [6, 6.07) is 11.3. The number of piperidine rings is 1. The second-order valence-electron chi connectivity index (χ2n) is 29.4. The minimum Gasteiger partial charge on any atom is -0.468 e. The number of imide groups is 1. The number of carbonyl (C=O) groups is 4. The molecule has 21 heteroatoms. The van der Waals surface area contributed by atoms with Crippen LogP contribution in [-0.2, 0) is 14.3 Å². The van der Waals surface area contributed by atoms with Crippen LogP contribution in [0.25, 0.3) is 32.9 Å². The molecule has 0 radical (unpaired) electrons. The van der Waals surface area contributed by atoms with Gasteiger partial charge in [-0.25, -0.2) is 18.4 Å². The molecule has 3 atom stereocenters. The summed E-state index contributed by atoms with van der Waals surface area (Å²) in [6.45, 7) is 31.5. The summed E-state index contributed by atoms with van der Waals surface area (Å²) in [7, 11) is -0.832. The summed E-state index contributed by atoms with van der Waals surface area (Å²) in [5.74, 6) is 3.40. The molecule has 6 aliphatic rings. The highest BCUT2D eigenvalue weighted by atomic mass is 28.3. The van der Waals surface area contributed by atoms with Crippen LogP contribution < -0.4 is 24.6 Å². The van der Waals surface area contributed by atoms with E-state index in [4.69, 9.17) is 33.9 Å². The first kappa shape index (κ1) is 67.4. The van der Waals surface area contributed by atoms with E-state index in [9.17, 15) is 19.2 Å². The zero-order valence-electron chi connectivity index (χ0n) is 56.8. The van der Waals surface area contributed by atoms with E-state index >= 15 is 8.78 Å². The highest BCUT2D eigenvalue weighted by Crippen LogP contribution is 2.48.